The Morgan fingerprint density at radius 2 is 1.76 bits per heavy atom. The number of methoxy groups -OCH3 is 2. The van der Waals surface area contributed by atoms with E-state index in [1.165, 1.54) is 27.2 Å². The number of nitro groups is 1. The van der Waals surface area contributed by atoms with Crippen LogP contribution in [-0.2, 0) is 9.53 Å². The summed E-state index contributed by atoms with van der Waals surface area (Å²) in [6, 6.07) is 12.3. The van der Waals surface area contributed by atoms with Crippen molar-refractivity contribution in [1.82, 2.24) is 5.32 Å². The highest BCUT2D eigenvalue weighted by molar-refractivity contribution is 5.83. The number of ether oxygens (including phenoxy) is 2. The maximum atomic E-state index is 12.8. The third-order valence-corrected chi connectivity index (χ3v) is 5.89. The molecule has 2 aromatic carbocycles. The molecular formula is C21H24N2O6. The van der Waals surface area contributed by atoms with E-state index in [1.54, 1.807) is 49.4 Å². The Labute approximate surface area is 168 Å². The molecule has 1 aliphatic heterocycles. The van der Waals surface area contributed by atoms with Crippen molar-refractivity contribution in [1.29, 1.82) is 0 Å². The van der Waals surface area contributed by atoms with E-state index in [0.29, 0.717) is 16.9 Å². The summed E-state index contributed by atoms with van der Waals surface area (Å²) in [5, 5.41) is 25.9. The van der Waals surface area contributed by atoms with Gasteiger partial charge >= 0.3 is 5.97 Å². The third kappa shape index (κ3) is 3.09. The minimum absolute atomic E-state index is 0.0827. The van der Waals surface area contributed by atoms with Crippen LogP contribution in [0.2, 0.25) is 0 Å². The average Bonchev–Trinajstić information content (AvgIpc) is 2.97. The molecule has 0 saturated carbocycles. The first-order chi connectivity index (χ1) is 13.7. The van der Waals surface area contributed by atoms with E-state index in [2.05, 4.69) is 5.32 Å². The molecule has 0 spiro atoms. The van der Waals surface area contributed by atoms with Crippen molar-refractivity contribution in [2.75, 3.05) is 14.2 Å². The summed E-state index contributed by atoms with van der Waals surface area (Å²) in [6.45, 7) is 3.08. The lowest BCUT2D eigenvalue weighted by molar-refractivity contribution is -0.571. The molecule has 154 valence electrons. The molecule has 4 atom stereocenters. The highest BCUT2D eigenvalue weighted by Crippen LogP contribution is 2.54. The number of benzene rings is 2. The molecule has 8 nitrogen and oxygen atoms in total. The van der Waals surface area contributed by atoms with Crippen molar-refractivity contribution >= 4 is 5.97 Å². The summed E-state index contributed by atoms with van der Waals surface area (Å²) in [5.74, 6) is -0.988. The fourth-order valence-corrected chi connectivity index (χ4v) is 4.47. The fourth-order valence-electron chi connectivity index (χ4n) is 4.47. The van der Waals surface area contributed by atoms with Crippen LogP contribution in [0.1, 0.15) is 36.9 Å². The zero-order valence-electron chi connectivity index (χ0n) is 16.7. The van der Waals surface area contributed by atoms with Crippen LogP contribution in [-0.4, -0.2) is 41.3 Å². The van der Waals surface area contributed by atoms with Gasteiger partial charge in [-0.3, -0.25) is 20.2 Å². The van der Waals surface area contributed by atoms with Gasteiger partial charge in [-0.1, -0.05) is 30.3 Å². The minimum atomic E-state index is -1.66. The zero-order chi connectivity index (χ0) is 21.4. The molecule has 0 amide bonds. The quantitative estimate of drug-likeness (QED) is 0.451. The van der Waals surface area contributed by atoms with Crippen molar-refractivity contribution in [3.05, 3.63) is 69.8 Å². The smallest absolute Gasteiger partial charge is 0.326 e. The highest BCUT2D eigenvalue weighted by atomic mass is 16.6. The topological polar surface area (TPSA) is 111 Å². The molecule has 0 aliphatic carbocycles. The lowest BCUT2D eigenvalue weighted by Crippen LogP contribution is -2.51. The van der Waals surface area contributed by atoms with Crippen LogP contribution < -0.4 is 10.1 Å². The molecule has 29 heavy (non-hydrogen) atoms. The number of carbonyl (C=O) groups excluding carboxylic acids is 1. The van der Waals surface area contributed by atoms with E-state index >= 15 is 0 Å². The number of phenolic OH excluding ortho intramolecular Hbond substituents is 1. The Balaban J connectivity index is 2.26. The van der Waals surface area contributed by atoms with E-state index in [0.717, 1.165) is 0 Å². The van der Waals surface area contributed by atoms with Gasteiger partial charge in [0.25, 0.3) is 0 Å². The van der Waals surface area contributed by atoms with E-state index < -0.39 is 29.0 Å². The van der Waals surface area contributed by atoms with E-state index in [1.807, 2.05) is 0 Å². The summed E-state index contributed by atoms with van der Waals surface area (Å²) < 4.78 is 10.2. The van der Waals surface area contributed by atoms with Gasteiger partial charge < -0.3 is 14.6 Å². The Bertz CT molecular complexity index is 931. The molecule has 0 aromatic heterocycles. The predicted octanol–water partition coefficient (Wildman–Crippen LogP) is 2.80. The summed E-state index contributed by atoms with van der Waals surface area (Å²) in [5.41, 5.74) is -2.13. The molecule has 0 bridgehead atoms. The zero-order valence-corrected chi connectivity index (χ0v) is 16.7. The number of hydrogen-bond acceptors (Lipinski definition) is 7. The predicted molar refractivity (Wildman–Crippen MR) is 106 cm³/mol. The van der Waals surface area contributed by atoms with Gasteiger partial charge in [-0.15, -0.1) is 0 Å². The molecular weight excluding hydrogens is 376 g/mol. The Morgan fingerprint density at radius 1 is 1.14 bits per heavy atom. The number of hydrogen-bond donors (Lipinski definition) is 2. The van der Waals surface area contributed by atoms with Gasteiger partial charge in [0, 0.05) is 17.4 Å². The van der Waals surface area contributed by atoms with Gasteiger partial charge in [0.05, 0.1) is 20.1 Å². The maximum Gasteiger partial charge on any atom is 0.326 e. The monoisotopic (exact) mass is 400 g/mol. The normalized spacial score (nSPS) is 28.7. The SMILES string of the molecule is COC(=O)[C@@]1(C)N[C@@H](c2ccccc2O)[C@@](C)([N+](=O)[O-])[C@@H]1c1ccc(OC)cc1. The molecule has 1 heterocycles. The van der Waals surface area contributed by atoms with Gasteiger partial charge in [0.2, 0.25) is 5.54 Å². The van der Waals surface area contributed by atoms with Crippen LogP contribution in [0.3, 0.4) is 0 Å². The Hall–Kier alpha value is -3.13. The van der Waals surface area contributed by atoms with Crippen LogP contribution in [0.4, 0.5) is 0 Å². The van der Waals surface area contributed by atoms with Gasteiger partial charge in [0.1, 0.15) is 23.1 Å². The molecule has 3 rings (SSSR count). The van der Waals surface area contributed by atoms with Crippen molar-refractivity contribution in [3.8, 4) is 11.5 Å². The molecule has 1 saturated heterocycles. The first kappa shape index (κ1) is 20.6. The number of nitrogens with one attached hydrogen (secondary N) is 1. The Kier molecular flexibility index (Phi) is 5.23. The molecule has 2 aromatic rings. The summed E-state index contributed by atoms with van der Waals surface area (Å²) >= 11 is 0. The number of phenols is 1. The largest absolute Gasteiger partial charge is 0.508 e. The molecule has 0 radical (unpaired) electrons. The van der Waals surface area contributed by atoms with Gasteiger partial charge in [0.15, 0.2) is 0 Å². The molecule has 8 heteroatoms. The van der Waals surface area contributed by atoms with E-state index in [4.69, 9.17) is 9.47 Å². The maximum absolute atomic E-state index is 12.8. The lowest BCUT2D eigenvalue weighted by atomic mass is 9.70. The third-order valence-electron chi connectivity index (χ3n) is 5.89. The van der Waals surface area contributed by atoms with Crippen molar-refractivity contribution in [3.63, 3.8) is 0 Å². The van der Waals surface area contributed by atoms with E-state index in [9.17, 15) is 20.0 Å². The van der Waals surface area contributed by atoms with Gasteiger partial charge in [-0.05, 0) is 30.7 Å². The van der Waals surface area contributed by atoms with Crippen molar-refractivity contribution in [2.24, 2.45) is 0 Å². The number of para-hydroxylation sites is 1. The fraction of sp³-hybridized carbons (Fsp3) is 0.381. The summed E-state index contributed by atoms with van der Waals surface area (Å²) in [6.07, 6.45) is 0. The number of esters is 1. The highest BCUT2D eigenvalue weighted by Gasteiger charge is 2.70. The molecule has 2 N–H and O–H groups in total. The second kappa shape index (κ2) is 7.36. The number of rotatable bonds is 5. The van der Waals surface area contributed by atoms with Crippen LogP contribution >= 0.6 is 0 Å². The van der Waals surface area contributed by atoms with Gasteiger partial charge in [-0.2, -0.15) is 0 Å². The second-order valence-corrected chi connectivity index (χ2v) is 7.52. The first-order valence-corrected chi connectivity index (χ1v) is 9.12. The first-order valence-electron chi connectivity index (χ1n) is 9.12. The van der Waals surface area contributed by atoms with Gasteiger partial charge in [-0.25, -0.2) is 0 Å². The standard InChI is InChI=1S/C21H24N2O6/c1-20(19(25)29-4)17(13-9-11-14(28-3)12-10-13)21(2,23(26)27)18(22-20)15-7-5-6-8-16(15)24/h5-12,17-18,22,24H,1-4H3/t17-,18+,20+,21+/m1/s1. The van der Waals surface area contributed by atoms with Crippen LogP contribution in [0, 0.1) is 10.1 Å². The van der Waals surface area contributed by atoms with Crippen molar-refractivity contribution < 1.29 is 24.3 Å². The second-order valence-electron chi connectivity index (χ2n) is 7.52. The molecule has 1 aliphatic rings. The lowest BCUT2D eigenvalue weighted by Gasteiger charge is -2.32. The minimum Gasteiger partial charge on any atom is -0.508 e. The number of nitrogens with zero attached hydrogens (tertiary/aromatic N) is 1. The average molecular weight is 400 g/mol. The summed E-state index contributed by atoms with van der Waals surface area (Å²) in [7, 11) is 2.78. The van der Waals surface area contributed by atoms with Crippen LogP contribution in [0.15, 0.2) is 48.5 Å². The molecule has 0 unspecified atom stereocenters. The van der Waals surface area contributed by atoms with Crippen LogP contribution in [0.25, 0.3) is 0 Å². The van der Waals surface area contributed by atoms with Crippen molar-refractivity contribution in [2.45, 2.75) is 36.9 Å². The number of carbonyl (C=O) groups is 1. The summed E-state index contributed by atoms with van der Waals surface area (Å²) in [4.78, 5) is 24.9. The van der Waals surface area contributed by atoms with Crippen LogP contribution in [0.5, 0.6) is 11.5 Å². The number of aromatic hydroxyl groups is 1. The Morgan fingerprint density at radius 3 is 2.28 bits per heavy atom. The van der Waals surface area contributed by atoms with E-state index in [-0.39, 0.29) is 10.7 Å². The molecule has 1 fully saturated rings.